The number of para-hydroxylation sites is 1. The number of ketones is 1. The topological polar surface area (TPSA) is 82.5 Å². The second kappa shape index (κ2) is 8.78. The second-order valence-electron chi connectivity index (χ2n) is 7.34. The van der Waals surface area contributed by atoms with Crippen molar-refractivity contribution in [3.8, 4) is 0 Å². The van der Waals surface area contributed by atoms with Gasteiger partial charge in [-0.25, -0.2) is 9.78 Å². The van der Waals surface area contributed by atoms with Gasteiger partial charge in [0.1, 0.15) is 0 Å². The van der Waals surface area contributed by atoms with Gasteiger partial charge in [0.2, 0.25) is 0 Å². The van der Waals surface area contributed by atoms with Crippen molar-refractivity contribution < 1.29 is 14.7 Å². The maximum atomic E-state index is 12.5. The van der Waals surface area contributed by atoms with Crippen molar-refractivity contribution in [3.05, 3.63) is 71.9 Å². The van der Waals surface area contributed by atoms with E-state index in [4.69, 9.17) is 10.1 Å². The number of hydrogen-bond acceptors (Lipinski definition) is 4. The average molecular weight is 401 g/mol. The van der Waals surface area contributed by atoms with Crippen LogP contribution in [0.4, 0.5) is 16.2 Å². The number of rotatable bonds is 5. The zero-order valence-corrected chi connectivity index (χ0v) is 16.5. The third-order valence-electron chi connectivity index (χ3n) is 5.24. The minimum absolute atomic E-state index is 0.161. The Morgan fingerprint density at radius 3 is 2.47 bits per heavy atom. The highest BCUT2D eigenvalue weighted by molar-refractivity contribution is 6.07. The van der Waals surface area contributed by atoms with Gasteiger partial charge >= 0.3 is 6.09 Å². The number of anilines is 2. The van der Waals surface area contributed by atoms with Crippen molar-refractivity contribution >= 4 is 40.2 Å². The molecule has 1 aromatic heterocycles. The number of carboxylic acid groups (broad SMARTS) is 1. The van der Waals surface area contributed by atoms with Crippen LogP contribution in [-0.2, 0) is 0 Å². The molecule has 1 saturated heterocycles. The molecule has 1 aliphatic heterocycles. The van der Waals surface area contributed by atoms with Gasteiger partial charge in [0.25, 0.3) is 0 Å². The Labute approximate surface area is 174 Å². The van der Waals surface area contributed by atoms with Crippen LogP contribution < -0.4 is 10.2 Å². The van der Waals surface area contributed by atoms with Crippen molar-refractivity contribution in [1.82, 2.24) is 4.98 Å². The van der Waals surface area contributed by atoms with E-state index in [1.54, 1.807) is 30.3 Å². The predicted octanol–water partition coefficient (Wildman–Crippen LogP) is 5.21. The number of nitrogens with one attached hydrogen (secondary N) is 1. The molecule has 3 aromatic rings. The lowest BCUT2D eigenvalue weighted by molar-refractivity contribution is 0.104. The molecule has 0 spiro atoms. The summed E-state index contributed by atoms with van der Waals surface area (Å²) in [7, 11) is 0. The van der Waals surface area contributed by atoms with Crippen molar-refractivity contribution in [3.63, 3.8) is 0 Å². The van der Waals surface area contributed by atoms with Crippen LogP contribution in [-0.4, -0.2) is 35.1 Å². The summed E-state index contributed by atoms with van der Waals surface area (Å²) in [5, 5.41) is 12.1. The van der Waals surface area contributed by atoms with Gasteiger partial charge in [0.05, 0.1) is 11.2 Å². The Morgan fingerprint density at radius 1 is 1.00 bits per heavy atom. The number of aromatic nitrogens is 1. The Morgan fingerprint density at radius 2 is 1.73 bits per heavy atom. The third-order valence-corrected chi connectivity index (χ3v) is 5.24. The number of carbonyl (C=O) groups excluding carboxylic acids is 1. The molecule has 2 heterocycles. The first-order valence-electron chi connectivity index (χ1n) is 10.1. The molecule has 30 heavy (non-hydrogen) atoms. The summed E-state index contributed by atoms with van der Waals surface area (Å²) in [5.41, 5.74) is 3.73. The van der Waals surface area contributed by atoms with E-state index in [0.29, 0.717) is 11.3 Å². The molecule has 2 N–H and O–H groups in total. The predicted molar refractivity (Wildman–Crippen MR) is 119 cm³/mol. The van der Waals surface area contributed by atoms with Crippen LogP contribution in [0.5, 0.6) is 0 Å². The van der Waals surface area contributed by atoms with Crippen LogP contribution in [0.3, 0.4) is 0 Å². The van der Waals surface area contributed by atoms with Gasteiger partial charge < -0.3 is 10.0 Å². The molecule has 2 aromatic carbocycles. The number of hydrogen-bond donors (Lipinski definition) is 2. The fourth-order valence-corrected chi connectivity index (χ4v) is 3.76. The van der Waals surface area contributed by atoms with E-state index in [1.807, 2.05) is 18.2 Å². The standard InChI is InChI=1S/C24H23N3O3/c28-23(17-8-10-18(11-9-17)26-24(29)30)13-12-19-16-22(27-14-4-1-5-15-27)20-6-2-3-7-21(20)25-19/h2-3,6-13,16,26H,1,4-5,14-15H2,(H,29,30)/b13-12+. The summed E-state index contributed by atoms with van der Waals surface area (Å²) in [4.78, 5) is 30.3. The summed E-state index contributed by atoms with van der Waals surface area (Å²) >= 11 is 0. The van der Waals surface area contributed by atoms with Crippen LogP contribution >= 0.6 is 0 Å². The molecule has 6 nitrogen and oxygen atoms in total. The van der Waals surface area contributed by atoms with Crippen LogP contribution in [0.1, 0.15) is 35.3 Å². The summed E-state index contributed by atoms with van der Waals surface area (Å²) < 4.78 is 0. The highest BCUT2D eigenvalue weighted by Gasteiger charge is 2.15. The first-order valence-corrected chi connectivity index (χ1v) is 10.1. The fourth-order valence-electron chi connectivity index (χ4n) is 3.76. The summed E-state index contributed by atoms with van der Waals surface area (Å²) in [6.07, 6.45) is 5.75. The van der Waals surface area contributed by atoms with Gasteiger partial charge in [0, 0.05) is 35.4 Å². The van der Waals surface area contributed by atoms with E-state index in [0.717, 1.165) is 35.4 Å². The monoisotopic (exact) mass is 401 g/mol. The van der Waals surface area contributed by atoms with E-state index in [2.05, 4.69) is 22.3 Å². The highest BCUT2D eigenvalue weighted by atomic mass is 16.4. The number of benzene rings is 2. The quantitative estimate of drug-likeness (QED) is 0.453. The molecular formula is C24H23N3O3. The van der Waals surface area contributed by atoms with Gasteiger partial charge in [-0.1, -0.05) is 18.2 Å². The molecule has 4 rings (SSSR count). The molecule has 0 unspecified atom stereocenters. The molecule has 1 aliphatic rings. The maximum Gasteiger partial charge on any atom is 0.409 e. The maximum absolute atomic E-state index is 12.5. The lowest BCUT2D eigenvalue weighted by atomic mass is 10.1. The summed E-state index contributed by atoms with van der Waals surface area (Å²) in [6.45, 7) is 2.07. The first-order chi connectivity index (χ1) is 14.6. The Hall–Kier alpha value is -3.67. The number of fused-ring (bicyclic) bond motifs is 1. The van der Waals surface area contributed by atoms with E-state index in [9.17, 15) is 9.59 Å². The third kappa shape index (κ3) is 4.49. The Kier molecular flexibility index (Phi) is 5.75. The summed E-state index contributed by atoms with van der Waals surface area (Å²) in [6, 6.07) is 16.5. The number of piperidine rings is 1. The van der Waals surface area contributed by atoms with E-state index < -0.39 is 6.09 Å². The Bertz CT molecular complexity index is 1100. The smallest absolute Gasteiger partial charge is 0.409 e. The van der Waals surface area contributed by atoms with Gasteiger partial charge in [-0.3, -0.25) is 10.1 Å². The molecular weight excluding hydrogens is 378 g/mol. The van der Waals surface area contributed by atoms with E-state index in [-0.39, 0.29) is 5.78 Å². The second-order valence-corrected chi connectivity index (χ2v) is 7.34. The number of carbonyl (C=O) groups is 2. The molecule has 0 saturated carbocycles. The SMILES string of the molecule is O=C(O)Nc1ccc(C(=O)/C=C/c2cc(N3CCCCC3)c3ccccc3n2)cc1. The Balaban J connectivity index is 1.59. The minimum atomic E-state index is -1.14. The summed E-state index contributed by atoms with van der Waals surface area (Å²) in [5.74, 6) is -0.161. The van der Waals surface area contributed by atoms with Crippen LogP contribution in [0.2, 0.25) is 0 Å². The number of nitrogens with zero attached hydrogens (tertiary/aromatic N) is 2. The van der Waals surface area contributed by atoms with Crippen molar-refractivity contribution in [1.29, 1.82) is 0 Å². The van der Waals surface area contributed by atoms with Gasteiger partial charge in [-0.2, -0.15) is 0 Å². The van der Waals surface area contributed by atoms with Crippen molar-refractivity contribution in [2.24, 2.45) is 0 Å². The van der Waals surface area contributed by atoms with Crippen LogP contribution in [0.15, 0.2) is 60.7 Å². The molecule has 0 aliphatic carbocycles. The molecule has 0 bridgehead atoms. The highest BCUT2D eigenvalue weighted by Crippen LogP contribution is 2.29. The first kappa shape index (κ1) is 19.6. The molecule has 0 radical (unpaired) electrons. The molecule has 1 amide bonds. The number of amides is 1. The van der Waals surface area contributed by atoms with Gasteiger partial charge in [0.15, 0.2) is 5.78 Å². The normalized spacial score (nSPS) is 14.2. The van der Waals surface area contributed by atoms with Crippen molar-refractivity contribution in [2.45, 2.75) is 19.3 Å². The zero-order valence-electron chi connectivity index (χ0n) is 16.5. The largest absolute Gasteiger partial charge is 0.465 e. The van der Waals surface area contributed by atoms with E-state index in [1.165, 1.54) is 25.3 Å². The van der Waals surface area contributed by atoms with Crippen LogP contribution in [0, 0.1) is 0 Å². The lowest BCUT2D eigenvalue weighted by Gasteiger charge is -2.30. The molecule has 6 heteroatoms. The van der Waals surface area contributed by atoms with Crippen molar-refractivity contribution in [2.75, 3.05) is 23.3 Å². The zero-order chi connectivity index (χ0) is 20.9. The molecule has 1 fully saturated rings. The molecule has 0 atom stereocenters. The number of pyridine rings is 1. The van der Waals surface area contributed by atoms with Crippen LogP contribution in [0.25, 0.3) is 17.0 Å². The number of allylic oxidation sites excluding steroid dienone is 1. The minimum Gasteiger partial charge on any atom is -0.465 e. The fraction of sp³-hybridized carbons (Fsp3) is 0.208. The van der Waals surface area contributed by atoms with E-state index >= 15 is 0 Å². The lowest BCUT2D eigenvalue weighted by Crippen LogP contribution is -2.29. The molecule has 152 valence electrons. The average Bonchev–Trinajstić information content (AvgIpc) is 2.77. The van der Waals surface area contributed by atoms with Gasteiger partial charge in [-0.15, -0.1) is 0 Å². The van der Waals surface area contributed by atoms with Gasteiger partial charge in [-0.05, 0) is 67.8 Å².